The molecular formula is C18H19FINO4. The van der Waals surface area contributed by atoms with Crippen molar-refractivity contribution >= 4 is 34.2 Å². The van der Waals surface area contributed by atoms with E-state index in [1.165, 1.54) is 13.2 Å². The van der Waals surface area contributed by atoms with Gasteiger partial charge in [-0.3, -0.25) is 4.79 Å². The molecule has 0 aliphatic carbocycles. The van der Waals surface area contributed by atoms with Crippen LogP contribution in [0.1, 0.15) is 15.9 Å². The molecule has 0 unspecified atom stereocenters. The zero-order valence-corrected chi connectivity index (χ0v) is 16.3. The molecule has 5 nitrogen and oxygen atoms in total. The normalized spacial score (nSPS) is 10.4. The molecular weight excluding hydrogens is 440 g/mol. The molecule has 0 fully saturated rings. The van der Waals surface area contributed by atoms with Crippen LogP contribution >= 0.6 is 22.6 Å². The third-order valence-electron chi connectivity index (χ3n) is 3.45. The fourth-order valence-electron chi connectivity index (χ4n) is 2.11. The summed E-state index contributed by atoms with van der Waals surface area (Å²) in [5, 5.41) is 2.68. The van der Waals surface area contributed by atoms with Gasteiger partial charge in [-0.25, -0.2) is 4.39 Å². The number of ether oxygens (including phenoxy) is 3. The molecule has 0 saturated heterocycles. The monoisotopic (exact) mass is 459 g/mol. The quantitative estimate of drug-likeness (QED) is 0.502. The van der Waals surface area contributed by atoms with Gasteiger partial charge in [0.05, 0.1) is 17.3 Å². The van der Waals surface area contributed by atoms with Crippen molar-refractivity contribution in [3.05, 3.63) is 50.8 Å². The van der Waals surface area contributed by atoms with Crippen LogP contribution in [0.5, 0.6) is 11.5 Å². The first-order chi connectivity index (χ1) is 12.0. The average molecular weight is 459 g/mol. The first-order valence-corrected chi connectivity index (χ1v) is 8.61. The zero-order chi connectivity index (χ0) is 18.4. The van der Waals surface area contributed by atoms with Crippen LogP contribution < -0.4 is 14.8 Å². The molecule has 1 amide bonds. The van der Waals surface area contributed by atoms with Crippen LogP contribution in [0.3, 0.4) is 0 Å². The van der Waals surface area contributed by atoms with E-state index >= 15 is 0 Å². The lowest BCUT2D eigenvalue weighted by molar-refractivity contribution is 0.102. The molecule has 0 aliphatic heterocycles. The van der Waals surface area contributed by atoms with Gasteiger partial charge in [0.25, 0.3) is 5.91 Å². The van der Waals surface area contributed by atoms with Gasteiger partial charge < -0.3 is 19.5 Å². The van der Waals surface area contributed by atoms with E-state index < -0.39 is 0 Å². The van der Waals surface area contributed by atoms with E-state index in [1.807, 2.05) is 0 Å². The summed E-state index contributed by atoms with van der Waals surface area (Å²) < 4.78 is 30.3. The van der Waals surface area contributed by atoms with Gasteiger partial charge in [0.15, 0.2) is 11.5 Å². The number of aryl methyl sites for hydroxylation is 1. The Bertz CT molecular complexity index is 767. The van der Waals surface area contributed by atoms with Gasteiger partial charge in [0, 0.05) is 18.4 Å². The maximum atomic E-state index is 13.6. The van der Waals surface area contributed by atoms with Crippen molar-refractivity contribution in [3.63, 3.8) is 0 Å². The summed E-state index contributed by atoms with van der Waals surface area (Å²) in [5.41, 5.74) is 1.30. The third kappa shape index (κ3) is 5.05. The second-order valence-corrected chi connectivity index (χ2v) is 6.41. The highest BCUT2D eigenvalue weighted by Gasteiger charge is 2.16. The van der Waals surface area contributed by atoms with Gasteiger partial charge in [-0.15, -0.1) is 0 Å². The molecule has 134 valence electrons. The van der Waals surface area contributed by atoms with E-state index in [0.29, 0.717) is 41.5 Å². The number of amides is 1. The molecule has 2 rings (SSSR count). The number of hydrogen-bond acceptors (Lipinski definition) is 4. The smallest absolute Gasteiger partial charge is 0.255 e. The number of methoxy groups -OCH3 is 2. The molecule has 25 heavy (non-hydrogen) atoms. The van der Waals surface area contributed by atoms with Gasteiger partial charge in [-0.05, 0) is 59.3 Å². The predicted octanol–water partition coefficient (Wildman–Crippen LogP) is 4.02. The molecule has 0 heterocycles. The van der Waals surface area contributed by atoms with E-state index in [0.717, 1.165) is 3.57 Å². The molecule has 7 heteroatoms. The summed E-state index contributed by atoms with van der Waals surface area (Å²) in [4.78, 5) is 12.5. The second kappa shape index (κ2) is 9.00. The Hall–Kier alpha value is -1.87. The number of halogens is 2. The Kier molecular flexibility index (Phi) is 7.01. The zero-order valence-electron chi connectivity index (χ0n) is 14.2. The van der Waals surface area contributed by atoms with Gasteiger partial charge in [0.2, 0.25) is 0 Å². The van der Waals surface area contributed by atoms with Crippen LogP contribution in [0, 0.1) is 16.3 Å². The summed E-state index contributed by atoms with van der Waals surface area (Å²) >= 11 is 2.07. The van der Waals surface area contributed by atoms with Crippen LogP contribution in [0.25, 0.3) is 0 Å². The fraction of sp³-hybridized carbons (Fsp3) is 0.278. The lowest BCUT2D eigenvalue weighted by atomic mass is 10.1. The molecule has 0 aromatic heterocycles. The highest BCUT2D eigenvalue weighted by atomic mass is 127. The van der Waals surface area contributed by atoms with E-state index in [4.69, 9.17) is 14.2 Å². The number of hydrogen-bond donors (Lipinski definition) is 1. The lowest BCUT2D eigenvalue weighted by Crippen LogP contribution is -2.13. The van der Waals surface area contributed by atoms with Crippen molar-refractivity contribution in [2.24, 2.45) is 0 Å². The Morgan fingerprint density at radius 1 is 1.20 bits per heavy atom. The minimum Gasteiger partial charge on any atom is -0.492 e. The first kappa shape index (κ1) is 19.5. The van der Waals surface area contributed by atoms with Gasteiger partial charge >= 0.3 is 0 Å². The summed E-state index contributed by atoms with van der Waals surface area (Å²) in [6, 6.07) is 7.83. The highest BCUT2D eigenvalue weighted by Crippen LogP contribution is 2.34. The van der Waals surface area contributed by atoms with Crippen LogP contribution in [-0.4, -0.2) is 33.3 Å². The van der Waals surface area contributed by atoms with Crippen molar-refractivity contribution in [1.82, 2.24) is 0 Å². The molecule has 0 spiro atoms. The number of nitrogens with one attached hydrogen (secondary N) is 1. The molecule has 2 aromatic carbocycles. The molecule has 0 saturated carbocycles. The summed E-state index contributed by atoms with van der Waals surface area (Å²) in [7, 11) is 3.12. The largest absolute Gasteiger partial charge is 0.492 e. The number of carbonyl (C=O) groups is 1. The van der Waals surface area contributed by atoms with Crippen molar-refractivity contribution < 1.29 is 23.4 Å². The highest BCUT2D eigenvalue weighted by molar-refractivity contribution is 14.1. The number of anilines is 1. The maximum absolute atomic E-state index is 13.6. The molecule has 1 N–H and O–H groups in total. The van der Waals surface area contributed by atoms with E-state index in [9.17, 15) is 9.18 Å². The Morgan fingerprint density at radius 3 is 2.60 bits per heavy atom. The van der Waals surface area contributed by atoms with Crippen molar-refractivity contribution in [2.45, 2.75) is 6.92 Å². The molecule has 0 aliphatic rings. The minimum absolute atomic E-state index is 0.331. The summed E-state index contributed by atoms with van der Waals surface area (Å²) in [6.07, 6.45) is 0. The Balaban J connectivity index is 2.24. The third-order valence-corrected chi connectivity index (χ3v) is 4.25. The van der Waals surface area contributed by atoms with Crippen LogP contribution in [0.15, 0.2) is 30.3 Å². The van der Waals surface area contributed by atoms with E-state index in [1.54, 1.807) is 38.3 Å². The van der Waals surface area contributed by atoms with Crippen molar-refractivity contribution in [2.75, 3.05) is 32.8 Å². The SMILES string of the molecule is COCCOc1cc(C(=O)Nc2ccc(C)c(F)c2)cc(I)c1OC. The average Bonchev–Trinajstić information content (AvgIpc) is 2.58. The Morgan fingerprint density at radius 2 is 1.96 bits per heavy atom. The number of carbonyl (C=O) groups excluding carboxylic acids is 1. The number of benzene rings is 2. The molecule has 0 atom stereocenters. The van der Waals surface area contributed by atoms with Gasteiger partial charge in [-0.2, -0.15) is 0 Å². The summed E-state index contributed by atoms with van der Waals surface area (Å²) in [5.74, 6) is 0.271. The maximum Gasteiger partial charge on any atom is 0.255 e. The van der Waals surface area contributed by atoms with E-state index in [-0.39, 0.29) is 11.7 Å². The van der Waals surface area contributed by atoms with Crippen molar-refractivity contribution in [3.8, 4) is 11.5 Å². The topological polar surface area (TPSA) is 56.8 Å². The minimum atomic E-state index is -0.370. The fourth-order valence-corrected chi connectivity index (χ4v) is 2.93. The van der Waals surface area contributed by atoms with Crippen molar-refractivity contribution in [1.29, 1.82) is 0 Å². The predicted molar refractivity (Wildman–Crippen MR) is 102 cm³/mol. The number of rotatable bonds is 7. The van der Waals surface area contributed by atoms with E-state index in [2.05, 4.69) is 27.9 Å². The molecule has 0 radical (unpaired) electrons. The first-order valence-electron chi connectivity index (χ1n) is 7.53. The lowest BCUT2D eigenvalue weighted by Gasteiger charge is -2.14. The molecule has 0 bridgehead atoms. The second-order valence-electron chi connectivity index (χ2n) is 5.25. The van der Waals surface area contributed by atoms with Gasteiger partial charge in [0.1, 0.15) is 12.4 Å². The Labute approximate surface area is 159 Å². The standard InChI is InChI=1S/C18H19FINO4/c1-11-4-5-13(10-14(11)19)21-18(22)12-8-15(20)17(24-3)16(9-12)25-7-6-23-2/h4-5,8-10H,6-7H2,1-3H3,(H,21,22). The van der Waals surface area contributed by atoms with Gasteiger partial charge in [-0.1, -0.05) is 6.07 Å². The summed E-state index contributed by atoms with van der Waals surface area (Å²) in [6.45, 7) is 2.41. The van der Waals surface area contributed by atoms with Crippen LogP contribution in [0.2, 0.25) is 0 Å². The molecule has 2 aromatic rings. The van der Waals surface area contributed by atoms with Crippen LogP contribution in [-0.2, 0) is 4.74 Å². The van der Waals surface area contributed by atoms with Crippen LogP contribution in [0.4, 0.5) is 10.1 Å².